The van der Waals surface area contributed by atoms with Gasteiger partial charge in [-0.2, -0.15) is 0 Å². The minimum Gasteiger partial charge on any atom is -0.478 e. The molecule has 10 heteroatoms. The van der Waals surface area contributed by atoms with Crippen molar-refractivity contribution >= 4 is 44.9 Å². The number of amidine groups is 1. The zero-order valence-electron chi connectivity index (χ0n) is 21.6. The predicted octanol–water partition coefficient (Wildman–Crippen LogP) is 2.57. The van der Waals surface area contributed by atoms with Crippen LogP contribution in [0.3, 0.4) is 0 Å². The van der Waals surface area contributed by atoms with E-state index in [1.54, 1.807) is 0 Å². The summed E-state index contributed by atoms with van der Waals surface area (Å²) < 4.78 is 0. The van der Waals surface area contributed by atoms with Crippen LogP contribution < -0.4 is 22.2 Å². The fourth-order valence-corrected chi connectivity index (χ4v) is 4.63. The number of nitrogens with two attached hydrogens (primary N) is 1. The molecule has 2 heterocycles. The highest BCUT2D eigenvalue weighted by atomic mass is 16.4. The second-order valence-electron chi connectivity index (χ2n) is 9.33. The van der Waals surface area contributed by atoms with E-state index in [9.17, 15) is 24.3 Å². The van der Waals surface area contributed by atoms with Gasteiger partial charge in [-0.3, -0.25) is 24.4 Å². The average molecular weight is 516 g/mol. The van der Waals surface area contributed by atoms with Crippen LogP contribution in [0.1, 0.15) is 44.3 Å². The quantitative estimate of drug-likeness (QED) is 0.207. The summed E-state index contributed by atoms with van der Waals surface area (Å²) in [6.45, 7) is 4.63. The van der Waals surface area contributed by atoms with E-state index >= 15 is 0 Å². The number of aromatic carboxylic acids is 1. The molecule has 38 heavy (non-hydrogen) atoms. The van der Waals surface area contributed by atoms with Crippen LogP contribution in [0.25, 0.3) is 21.5 Å². The van der Waals surface area contributed by atoms with E-state index in [4.69, 9.17) is 5.73 Å². The number of aryl methyl sites for hydroxylation is 2. The lowest BCUT2D eigenvalue weighted by Gasteiger charge is -2.17. The fraction of sp³-hybridized carbons (Fsp3) is 0.250. The first-order chi connectivity index (χ1) is 18.0. The maximum atomic E-state index is 13.8. The molecule has 0 spiro atoms. The van der Waals surface area contributed by atoms with Crippen molar-refractivity contribution in [2.45, 2.75) is 20.3 Å². The summed E-state index contributed by atoms with van der Waals surface area (Å²) in [4.78, 5) is 60.6. The third-order valence-electron chi connectivity index (χ3n) is 6.54. The normalized spacial score (nSPS) is 12.0. The van der Waals surface area contributed by atoms with Gasteiger partial charge in [-0.15, -0.1) is 0 Å². The summed E-state index contributed by atoms with van der Waals surface area (Å²) in [6, 6.07) is 9.71. The molecule has 0 aliphatic heterocycles. The van der Waals surface area contributed by atoms with Crippen molar-refractivity contribution in [2.24, 2.45) is 10.7 Å². The van der Waals surface area contributed by atoms with Gasteiger partial charge in [-0.25, -0.2) is 4.79 Å². The van der Waals surface area contributed by atoms with E-state index in [1.165, 1.54) is 18.2 Å². The first-order valence-corrected chi connectivity index (χ1v) is 12.1. The third-order valence-corrected chi connectivity index (χ3v) is 6.54. The summed E-state index contributed by atoms with van der Waals surface area (Å²) >= 11 is 0. The number of aromatic nitrogens is 1. The van der Waals surface area contributed by atoms with Crippen LogP contribution >= 0.6 is 0 Å². The maximum absolute atomic E-state index is 13.8. The Balaban J connectivity index is 2.09. The zero-order valence-corrected chi connectivity index (χ0v) is 21.6. The molecule has 0 radical (unpaired) electrons. The van der Waals surface area contributed by atoms with E-state index in [-0.39, 0.29) is 50.6 Å². The van der Waals surface area contributed by atoms with Crippen LogP contribution in [0.5, 0.6) is 0 Å². The molecule has 0 saturated carbocycles. The maximum Gasteiger partial charge on any atom is 0.336 e. The number of nitrogens with zero attached hydrogens (tertiary/aromatic N) is 2. The number of benzene rings is 3. The molecule has 0 saturated heterocycles. The zero-order chi connectivity index (χ0) is 27.7. The predicted molar refractivity (Wildman–Crippen MR) is 149 cm³/mol. The smallest absolute Gasteiger partial charge is 0.336 e. The van der Waals surface area contributed by atoms with E-state index in [1.807, 2.05) is 51.0 Å². The van der Waals surface area contributed by atoms with Crippen molar-refractivity contribution in [2.75, 3.05) is 32.5 Å². The first kappa shape index (κ1) is 26.5. The molecule has 1 amide bonds. The van der Waals surface area contributed by atoms with Crippen LogP contribution in [0.4, 0.5) is 5.69 Å². The molecule has 2 bridgehead atoms. The monoisotopic (exact) mass is 515 g/mol. The lowest BCUT2D eigenvalue weighted by molar-refractivity contribution is 0.0697. The van der Waals surface area contributed by atoms with Crippen molar-refractivity contribution in [3.05, 3.63) is 84.9 Å². The van der Waals surface area contributed by atoms with Gasteiger partial charge in [0.1, 0.15) is 5.84 Å². The second kappa shape index (κ2) is 10.4. The van der Waals surface area contributed by atoms with Gasteiger partial charge in [0.05, 0.1) is 12.1 Å². The topological polar surface area (TPSA) is 158 Å². The van der Waals surface area contributed by atoms with E-state index in [0.717, 1.165) is 11.1 Å². The summed E-state index contributed by atoms with van der Waals surface area (Å²) in [5.41, 5.74) is 6.87. The molecule has 5 aromatic rings. The lowest BCUT2D eigenvalue weighted by atomic mass is 9.90. The molecule has 0 aliphatic carbocycles. The van der Waals surface area contributed by atoms with Gasteiger partial charge in [0, 0.05) is 44.9 Å². The average Bonchev–Trinajstić information content (AvgIpc) is 3.07. The molecule has 0 unspecified atom stereocenters. The fourth-order valence-electron chi connectivity index (χ4n) is 4.63. The largest absolute Gasteiger partial charge is 0.478 e. The number of amides is 1. The van der Waals surface area contributed by atoms with Crippen molar-refractivity contribution in [1.29, 1.82) is 0 Å². The van der Waals surface area contributed by atoms with Crippen LogP contribution in [0, 0.1) is 6.92 Å². The van der Waals surface area contributed by atoms with Gasteiger partial charge in [0.2, 0.25) is 0 Å². The Morgan fingerprint density at radius 2 is 1.71 bits per heavy atom. The number of rotatable bonds is 8. The number of carbonyl (C=O) groups excluding carboxylic acids is 1. The van der Waals surface area contributed by atoms with Gasteiger partial charge in [0.25, 0.3) is 17.0 Å². The SMILES string of the molecule is CCc1cccc(C)c1NC(=O)c1cc(C(=O)O)c(C(N)=NCCN(C)C)c2c3ccc(c(=O)[nH]c3=O)c12. The summed E-state index contributed by atoms with van der Waals surface area (Å²) in [6.07, 6.45) is 0.656. The summed E-state index contributed by atoms with van der Waals surface area (Å²) in [7, 11) is 3.72. The van der Waals surface area contributed by atoms with Crippen LogP contribution in [-0.4, -0.2) is 59.9 Å². The van der Waals surface area contributed by atoms with Gasteiger partial charge >= 0.3 is 5.97 Å². The molecule has 0 fully saturated rings. The third kappa shape index (κ3) is 4.73. The summed E-state index contributed by atoms with van der Waals surface area (Å²) in [5, 5.41) is 13.4. The Morgan fingerprint density at radius 3 is 2.32 bits per heavy atom. The van der Waals surface area contributed by atoms with Crippen LogP contribution in [-0.2, 0) is 6.42 Å². The Kier molecular flexibility index (Phi) is 7.27. The Bertz CT molecular complexity index is 1720. The number of nitrogens with one attached hydrogen (secondary N) is 2. The number of hydrogen-bond donors (Lipinski definition) is 4. The van der Waals surface area contributed by atoms with Crippen LogP contribution in [0.2, 0.25) is 0 Å². The number of fused-ring (bicyclic) bond motifs is 3. The van der Waals surface area contributed by atoms with Crippen molar-refractivity contribution in [1.82, 2.24) is 9.88 Å². The highest BCUT2D eigenvalue weighted by Crippen LogP contribution is 2.33. The molecule has 0 atom stereocenters. The molecule has 10 nitrogen and oxygen atoms in total. The van der Waals surface area contributed by atoms with Gasteiger partial charge in [0.15, 0.2) is 0 Å². The number of aliphatic imine (C=N–C) groups is 1. The highest BCUT2D eigenvalue weighted by molar-refractivity contribution is 6.28. The number of aromatic amines is 1. The first-order valence-electron chi connectivity index (χ1n) is 12.1. The number of carboxylic acids is 1. The number of para-hydroxylation sites is 1. The van der Waals surface area contributed by atoms with Crippen molar-refractivity contribution in [3.8, 4) is 0 Å². The molecular formula is C28H29N5O5. The van der Waals surface area contributed by atoms with E-state index in [0.29, 0.717) is 18.7 Å². The Morgan fingerprint density at radius 1 is 1.05 bits per heavy atom. The number of hydrogen-bond acceptors (Lipinski definition) is 6. The van der Waals surface area contributed by atoms with E-state index < -0.39 is 23.0 Å². The van der Waals surface area contributed by atoms with Gasteiger partial charge < -0.3 is 21.1 Å². The van der Waals surface area contributed by atoms with Crippen molar-refractivity contribution < 1.29 is 14.7 Å². The minimum absolute atomic E-state index is 0.00496. The molecular weight excluding hydrogens is 486 g/mol. The standard InChI is InChI=1S/C28H29N5O5/c1-5-15-8-6-7-14(2)23(15)31-27(36)18-13-19(28(37)38)22(24(29)30-11-12-33(3)4)21-17-10-9-16(20(18)21)25(34)32-26(17)35/h6-10,13H,5,11-12H2,1-4H3,(H2,29,30)(H,31,36)(H,37,38)(H,32,34,35). The molecule has 2 aromatic heterocycles. The number of likely N-dealkylation sites (N-methyl/N-ethyl adjacent to an activating group) is 1. The molecule has 0 aliphatic rings. The molecule has 196 valence electrons. The lowest BCUT2D eigenvalue weighted by Crippen LogP contribution is -2.23. The van der Waals surface area contributed by atoms with Crippen molar-refractivity contribution in [3.63, 3.8) is 0 Å². The Hall–Kier alpha value is -4.57. The number of carboxylic acid groups (broad SMARTS) is 1. The molecule has 5 N–H and O–H groups in total. The highest BCUT2D eigenvalue weighted by Gasteiger charge is 2.27. The van der Waals surface area contributed by atoms with Gasteiger partial charge in [-0.1, -0.05) is 25.1 Å². The second-order valence-corrected chi connectivity index (χ2v) is 9.33. The molecule has 5 rings (SSSR count). The van der Waals surface area contributed by atoms with Gasteiger partial charge in [-0.05, 0) is 56.8 Å². The number of H-pyrrole nitrogens is 1. The van der Waals surface area contributed by atoms with E-state index in [2.05, 4.69) is 15.3 Å². The number of anilines is 1. The molecule has 3 aromatic carbocycles. The van der Waals surface area contributed by atoms with Crippen LogP contribution in [0.15, 0.2) is 51.0 Å². The summed E-state index contributed by atoms with van der Waals surface area (Å²) in [5.74, 6) is -2.07. The number of carbonyl (C=O) groups is 2. The minimum atomic E-state index is -1.35. The Labute approximate surface area is 218 Å².